The number of nitrogen functional groups attached to an aromatic ring is 1. The SMILES string of the molecule is CN(C)C(=O)CNC(=O)c1c(F)ccc(N)c1F. The third kappa shape index (κ3) is 2.93. The Balaban J connectivity index is 2.86. The molecule has 0 aliphatic heterocycles. The summed E-state index contributed by atoms with van der Waals surface area (Å²) < 4.78 is 26.8. The molecular weight excluding hydrogens is 244 g/mol. The van der Waals surface area contributed by atoms with Crippen LogP contribution in [0.25, 0.3) is 0 Å². The summed E-state index contributed by atoms with van der Waals surface area (Å²) in [6.45, 7) is -0.348. The van der Waals surface area contributed by atoms with Gasteiger partial charge in [0.1, 0.15) is 11.4 Å². The molecule has 98 valence electrons. The lowest BCUT2D eigenvalue weighted by Gasteiger charge is -2.11. The number of anilines is 1. The molecule has 0 atom stereocenters. The Morgan fingerprint density at radius 3 is 2.50 bits per heavy atom. The first kappa shape index (κ1) is 13.9. The molecule has 3 N–H and O–H groups in total. The van der Waals surface area contributed by atoms with Gasteiger partial charge in [-0.1, -0.05) is 0 Å². The molecule has 1 rings (SSSR count). The minimum atomic E-state index is -1.13. The van der Waals surface area contributed by atoms with Crippen molar-refractivity contribution in [3.63, 3.8) is 0 Å². The van der Waals surface area contributed by atoms with Crippen LogP contribution in [0.15, 0.2) is 12.1 Å². The van der Waals surface area contributed by atoms with Gasteiger partial charge in [-0.2, -0.15) is 0 Å². The van der Waals surface area contributed by atoms with Gasteiger partial charge in [0, 0.05) is 14.1 Å². The molecule has 0 radical (unpaired) electrons. The fourth-order valence-corrected chi connectivity index (χ4v) is 1.18. The van der Waals surface area contributed by atoms with Crippen LogP contribution in [0, 0.1) is 11.6 Å². The van der Waals surface area contributed by atoms with Gasteiger partial charge < -0.3 is 16.0 Å². The molecule has 7 heteroatoms. The Morgan fingerprint density at radius 1 is 1.33 bits per heavy atom. The number of carbonyl (C=O) groups is 2. The molecule has 0 aliphatic carbocycles. The van der Waals surface area contributed by atoms with E-state index in [2.05, 4.69) is 5.32 Å². The van der Waals surface area contributed by atoms with E-state index in [4.69, 9.17) is 5.73 Å². The van der Waals surface area contributed by atoms with Crippen molar-refractivity contribution < 1.29 is 18.4 Å². The van der Waals surface area contributed by atoms with E-state index in [1.165, 1.54) is 19.0 Å². The zero-order chi connectivity index (χ0) is 13.9. The van der Waals surface area contributed by atoms with Gasteiger partial charge in [0.2, 0.25) is 5.91 Å². The number of rotatable bonds is 3. The van der Waals surface area contributed by atoms with E-state index in [0.717, 1.165) is 12.1 Å². The lowest BCUT2D eigenvalue weighted by atomic mass is 10.1. The molecule has 0 spiro atoms. The van der Waals surface area contributed by atoms with Crippen LogP contribution in [0.4, 0.5) is 14.5 Å². The summed E-state index contributed by atoms with van der Waals surface area (Å²) in [4.78, 5) is 24.0. The van der Waals surface area contributed by atoms with Crippen molar-refractivity contribution in [3.05, 3.63) is 29.3 Å². The first-order valence-corrected chi connectivity index (χ1v) is 5.06. The highest BCUT2D eigenvalue weighted by Gasteiger charge is 2.20. The van der Waals surface area contributed by atoms with Crippen molar-refractivity contribution in [3.8, 4) is 0 Å². The lowest BCUT2D eigenvalue weighted by Crippen LogP contribution is -2.37. The predicted molar refractivity (Wildman–Crippen MR) is 61.8 cm³/mol. The standard InChI is InChI=1S/C11H13F2N3O2/c1-16(2)8(17)5-15-11(18)9-6(12)3-4-7(14)10(9)13/h3-4H,5,14H2,1-2H3,(H,15,18). The van der Waals surface area contributed by atoms with E-state index in [-0.39, 0.29) is 12.2 Å². The predicted octanol–water partition coefficient (Wildman–Crippen LogP) is 0.365. The molecule has 0 fully saturated rings. The van der Waals surface area contributed by atoms with Gasteiger partial charge in [0.15, 0.2) is 5.82 Å². The van der Waals surface area contributed by atoms with Gasteiger partial charge in [0.25, 0.3) is 5.91 Å². The van der Waals surface area contributed by atoms with E-state index in [0.29, 0.717) is 0 Å². The summed E-state index contributed by atoms with van der Waals surface area (Å²) in [6, 6.07) is 1.91. The van der Waals surface area contributed by atoms with E-state index in [1.54, 1.807) is 0 Å². The zero-order valence-corrected chi connectivity index (χ0v) is 9.96. The van der Waals surface area contributed by atoms with E-state index in [1.807, 2.05) is 0 Å². The fourth-order valence-electron chi connectivity index (χ4n) is 1.18. The topological polar surface area (TPSA) is 75.4 Å². The van der Waals surface area contributed by atoms with Gasteiger partial charge in [-0.25, -0.2) is 8.78 Å². The largest absolute Gasteiger partial charge is 0.396 e. The molecule has 0 aromatic heterocycles. The third-order valence-corrected chi connectivity index (χ3v) is 2.25. The molecule has 18 heavy (non-hydrogen) atoms. The van der Waals surface area contributed by atoms with Crippen LogP contribution < -0.4 is 11.1 Å². The maximum atomic E-state index is 13.5. The summed E-state index contributed by atoms with van der Waals surface area (Å²) in [5.74, 6) is -3.58. The van der Waals surface area contributed by atoms with E-state index >= 15 is 0 Å². The van der Waals surface area contributed by atoms with Crippen LogP contribution in [0.2, 0.25) is 0 Å². The Labute approximate surface area is 103 Å². The smallest absolute Gasteiger partial charge is 0.257 e. The molecule has 1 aromatic carbocycles. The van der Waals surface area contributed by atoms with Crippen LogP contribution in [-0.2, 0) is 4.79 Å². The second-order valence-electron chi connectivity index (χ2n) is 3.80. The number of nitrogens with zero attached hydrogens (tertiary/aromatic N) is 1. The minimum absolute atomic E-state index is 0.333. The lowest BCUT2D eigenvalue weighted by molar-refractivity contribution is -0.127. The maximum absolute atomic E-state index is 13.5. The first-order valence-electron chi connectivity index (χ1n) is 5.06. The van der Waals surface area contributed by atoms with E-state index in [9.17, 15) is 18.4 Å². The van der Waals surface area contributed by atoms with Crippen molar-refractivity contribution in [1.29, 1.82) is 0 Å². The molecule has 0 bridgehead atoms. The Kier molecular flexibility index (Phi) is 4.19. The van der Waals surface area contributed by atoms with Crippen molar-refractivity contribution in [2.24, 2.45) is 0 Å². The summed E-state index contributed by atoms with van der Waals surface area (Å²) in [6.07, 6.45) is 0. The number of nitrogens with two attached hydrogens (primary N) is 1. The molecule has 2 amide bonds. The van der Waals surface area contributed by atoms with Crippen LogP contribution in [0.5, 0.6) is 0 Å². The Bertz CT molecular complexity index is 489. The van der Waals surface area contributed by atoms with Gasteiger partial charge >= 0.3 is 0 Å². The second kappa shape index (κ2) is 5.44. The van der Waals surface area contributed by atoms with Crippen LogP contribution in [0.3, 0.4) is 0 Å². The summed E-state index contributed by atoms with van der Waals surface area (Å²) >= 11 is 0. The highest BCUT2D eigenvalue weighted by molar-refractivity contribution is 5.97. The molecule has 0 unspecified atom stereocenters. The van der Waals surface area contributed by atoms with Crippen molar-refractivity contribution in [2.45, 2.75) is 0 Å². The van der Waals surface area contributed by atoms with Crippen molar-refractivity contribution >= 4 is 17.5 Å². The number of benzene rings is 1. The van der Waals surface area contributed by atoms with Gasteiger partial charge in [-0.15, -0.1) is 0 Å². The summed E-state index contributed by atoms with van der Waals surface area (Å²) in [5, 5.41) is 2.12. The molecule has 0 saturated heterocycles. The normalized spacial score (nSPS) is 10.0. The molecular formula is C11H13F2N3O2. The first-order chi connectivity index (χ1) is 8.34. The number of hydrogen-bond acceptors (Lipinski definition) is 3. The number of likely N-dealkylation sites (N-methyl/N-ethyl adjacent to an activating group) is 1. The molecule has 0 heterocycles. The van der Waals surface area contributed by atoms with Crippen molar-refractivity contribution in [2.75, 3.05) is 26.4 Å². The minimum Gasteiger partial charge on any atom is -0.396 e. The van der Waals surface area contributed by atoms with Crippen LogP contribution >= 0.6 is 0 Å². The zero-order valence-electron chi connectivity index (χ0n) is 9.96. The Hall–Kier alpha value is -2.18. The number of hydrogen-bond donors (Lipinski definition) is 2. The monoisotopic (exact) mass is 257 g/mol. The average molecular weight is 257 g/mol. The fraction of sp³-hybridized carbons (Fsp3) is 0.273. The number of halogens is 2. The number of carbonyl (C=O) groups excluding carboxylic acids is 2. The summed E-state index contributed by atoms with van der Waals surface area (Å²) in [5.41, 5.74) is 4.11. The molecule has 5 nitrogen and oxygen atoms in total. The van der Waals surface area contributed by atoms with E-state index < -0.39 is 29.0 Å². The quantitative estimate of drug-likeness (QED) is 0.768. The highest BCUT2D eigenvalue weighted by Crippen LogP contribution is 2.18. The number of nitrogens with one attached hydrogen (secondary N) is 1. The second-order valence-corrected chi connectivity index (χ2v) is 3.80. The molecule has 1 aromatic rings. The van der Waals surface area contributed by atoms with Gasteiger partial charge in [-0.3, -0.25) is 9.59 Å². The van der Waals surface area contributed by atoms with Crippen LogP contribution in [-0.4, -0.2) is 37.4 Å². The van der Waals surface area contributed by atoms with Crippen molar-refractivity contribution in [1.82, 2.24) is 10.2 Å². The molecule has 0 aliphatic rings. The third-order valence-electron chi connectivity index (χ3n) is 2.25. The van der Waals surface area contributed by atoms with Gasteiger partial charge in [0.05, 0.1) is 12.2 Å². The maximum Gasteiger partial charge on any atom is 0.257 e. The summed E-state index contributed by atoms with van der Waals surface area (Å²) in [7, 11) is 2.99. The van der Waals surface area contributed by atoms with Crippen LogP contribution in [0.1, 0.15) is 10.4 Å². The van der Waals surface area contributed by atoms with Gasteiger partial charge in [-0.05, 0) is 12.1 Å². The highest BCUT2D eigenvalue weighted by atomic mass is 19.1. The average Bonchev–Trinajstić information content (AvgIpc) is 2.31. The molecule has 0 saturated carbocycles. The number of amides is 2. The Morgan fingerprint density at radius 2 is 1.94 bits per heavy atom.